The third-order valence-corrected chi connectivity index (χ3v) is 3.91. The molecule has 0 spiro atoms. The fourth-order valence-electron chi connectivity index (χ4n) is 2.25. The number of nitrogens with one attached hydrogen (secondary N) is 1. The Kier molecular flexibility index (Phi) is 4.29. The number of rotatable bonds is 5. The molecule has 3 aromatic rings. The van der Waals surface area contributed by atoms with E-state index >= 15 is 0 Å². The predicted octanol–water partition coefficient (Wildman–Crippen LogP) is 4.36. The first-order chi connectivity index (χ1) is 11.2. The Balaban J connectivity index is 1.99. The van der Waals surface area contributed by atoms with Crippen LogP contribution in [0.4, 0.5) is 11.7 Å². The Morgan fingerprint density at radius 2 is 1.74 bits per heavy atom. The van der Waals surface area contributed by atoms with Crippen LogP contribution in [0.1, 0.15) is 0 Å². The van der Waals surface area contributed by atoms with Crippen molar-refractivity contribution < 1.29 is 18.6 Å². The van der Waals surface area contributed by atoms with Gasteiger partial charge in [0.25, 0.3) is 6.01 Å². The number of halogens is 1. The second-order valence-corrected chi connectivity index (χ2v) is 5.50. The number of para-hydroxylation sites is 1. The average molecular weight is 379 g/mol. The molecule has 7 heteroatoms. The first-order valence-corrected chi connectivity index (χ1v) is 7.57. The third kappa shape index (κ3) is 2.92. The van der Waals surface area contributed by atoms with E-state index in [4.69, 9.17) is 18.6 Å². The number of hydrogen-bond donors (Lipinski definition) is 1. The summed E-state index contributed by atoms with van der Waals surface area (Å²) in [5, 5.41) is 3.11. The number of fused-ring (bicyclic) bond motifs is 1. The second-order valence-electron chi connectivity index (χ2n) is 4.65. The van der Waals surface area contributed by atoms with Crippen LogP contribution in [0.5, 0.6) is 17.2 Å². The lowest BCUT2D eigenvalue weighted by molar-refractivity contribution is 0.324. The molecule has 23 heavy (non-hydrogen) atoms. The molecule has 0 saturated carbocycles. The molecule has 1 heterocycles. The molecule has 0 aliphatic heterocycles. The van der Waals surface area contributed by atoms with Crippen LogP contribution in [0.2, 0.25) is 0 Å². The zero-order chi connectivity index (χ0) is 16.4. The summed E-state index contributed by atoms with van der Waals surface area (Å²) in [7, 11) is 4.70. The summed E-state index contributed by atoms with van der Waals surface area (Å²) in [5.41, 5.74) is 2.15. The van der Waals surface area contributed by atoms with E-state index in [1.54, 1.807) is 33.5 Å². The quantitative estimate of drug-likeness (QED) is 0.711. The number of methoxy groups -OCH3 is 3. The minimum atomic E-state index is 0.376. The number of oxazole rings is 1. The molecule has 2 aromatic carbocycles. The maximum Gasteiger partial charge on any atom is 0.300 e. The van der Waals surface area contributed by atoms with Crippen molar-refractivity contribution >= 4 is 38.7 Å². The van der Waals surface area contributed by atoms with Crippen LogP contribution < -0.4 is 19.5 Å². The molecule has 3 rings (SSSR count). The molecule has 120 valence electrons. The lowest BCUT2D eigenvalue weighted by Crippen LogP contribution is -1.97. The molecule has 0 aliphatic carbocycles. The van der Waals surface area contributed by atoms with Gasteiger partial charge in [0.15, 0.2) is 17.1 Å². The van der Waals surface area contributed by atoms with E-state index in [2.05, 4.69) is 26.2 Å². The van der Waals surface area contributed by atoms with Gasteiger partial charge in [-0.1, -0.05) is 6.07 Å². The van der Waals surface area contributed by atoms with E-state index in [0.717, 1.165) is 9.99 Å². The average Bonchev–Trinajstić information content (AvgIpc) is 2.97. The van der Waals surface area contributed by atoms with Crippen molar-refractivity contribution in [2.24, 2.45) is 0 Å². The van der Waals surface area contributed by atoms with Crippen molar-refractivity contribution in [3.05, 3.63) is 34.8 Å². The topological polar surface area (TPSA) is 65.8 Å². The third-order valence-electron chi connectivity index (χ3n) is 3.28. The van der Waals surface area contributed by atoms with Gasteiger partial charge < -0.3 is 23.9 Å². The van der Waals surface area contributed by atoms with Crippen LogP contribution in [0, 0.1) is 0 Å². The van der Waals surface area contributed by atoms with Gasteiger partial charge in [0.1, 0.15) is 5.52 Å². The zero-order valence-corrected chi connectivity index (χ0v) is 14.4. The van der Waals surface area contributed by atoms with E-state index in [1.807, 2.05) is 18.2 Å². The molecule has 0 saturated heterocycles. The van der Waals surface area contributed by atoms with Crippen molar-refractivity contribution in [2.75, 3.05) is 26.6 Å². The summed E-state index contributed by atoms with van der Waals surface area (Å²) in [6.07, 6.45) is 0. The van der Waals surface area contributed by atoms with Gasteiger partial charge in [-0.05, 0) is 28.1 Å². The summed E-state index contributed by atoms with van der Waals surface area (Å²) in [4.78, 5) is 4.40. The zero-order valence-electron chi connectivity index (χ0n) is 12.8. The molecule has 0 amide bonds. The first-order valence-electron chi connectivity index (χ1n) is 6.78. The van der Waals surface area contributed by atoms with Gasteiger partial charge in [0.2, 0.25) is 5.75 Å². The molecule has 6 nitrogen and oxygen atoms in total. The van der Waals surface area contributed by atoms with Crippen LogP contribution in [0.25, 0.3) is 11.1 Å². The lowest BCUT2D eigenvalue weighted by Gasteiger charge is -2.13. The van der Waals surface area contributed by atoms with Gasteiger partial charge in [-0.25, -0.2) is 0 Å². The molecule has 0 atom stereocenters. The van der Waals surface area contributed by atoms with Crippen LogP contribution in [-0.4, -0.2) is 26.3 Å². The van der Waals surface area contributed by atoms with Crippen LogP contribution in [-0.2, 0) is 0 Å². The van der Waals surface area contributed by atoms with Gasteiger partial charge in [0.05, 0.1) is 25.8 Å². The Morgan fingerprint density at radius 3 is 2.30 bits per heavy atom. The number of benzene rings is 2. The van der Waals surface area contributed by atoms with Crippen molar-refractivity contribution in [3.8, 4) is 17.2 Å². The van der Waals surface area contributed by atoms with Gasteiger partial charge in [-0.2, -0.15) is 4.98 Å². The maximum absolute atomic E-state index is 5.72. The number of hydrogen-bond acceptors (Lipinski definition) is 6. The Labute approximate surface area is 141 Å². The Hall–Kier alpha value is -2.41. The normalized spacial score (nSPS) is 10.6. The highest BCUT2D eigenvalue weighted by molar-refractivity contribution is 9.10. The number of nitrogens with zero attached hydrogens (tertiary/aromatic N) is 1. The van der Waals surface area contributed by atoms with Crippen molar-refractivity contribution in [2.45, 2.75) is 0 Å². The van der Waals surface area contributed by atoms with Gasteiger partial charge in [0, 0.05) is 17.8 Å². The van der Waals surface area contributed by atoms with E-state index in [9.17, 15) is 0 Å². The van der Waals surface area contributed by atoms with Gasteiger partial charge >= 0.3 is 0 Å². The van der Waals surface area contributed by atoms with E-state index in [0.29, 0.717) is 34.5 Å². The Bertz CT molecular complexity index is 822. The van der Waals surface area contributed by atoms with Crippen molar-refractivity contribution in [1.29, 1.82) is 0 Å². The smallest absolute Gasteiger partial charge is 0.300 e. The van der Waals surface area contributed by atoms with Gasteiger partial charge in [-0.3, -0.25) is 0 Å². The monoisotopic (exact) mass is 378 g/mol. The summed E-state index contributed by atoms with van der Waals surface area (Å²) < 4.78 is 22.5. The molecular weight excluding hydrogens is 364 g/mol. The fraction of sp³-hybridized carbons (Fsp3) is 0.188. The molecule has 1 N–H and O–H groups in total. The molecule has 0 aliphatic rings. The van der Waals surface area contributed by atoms with Crippen molar-refractivity contribution in [1.82, 2.24) is 4.98 Å². The lowest BCUT2D eigenvalue weighted by atomic mass is 10.2. The fourth-order valence-corrected chi connectivity index (χ4v) is 2.68. The van der Waals surface area contributed by atoms with Crippen molar-refractivity contribution in [3.63, 3.8) is 0 Å². The first kappa shape index (κ1) is 15.5. The molecular formula is C16H15BrN2O4. The molecule has 1 aromatic heterocycles. The van der Waals surface area contributed by atoms with Crippen LogP contribution in [0.3, 0.4) is 0 Å². The minimum absolute atomic E-state index is 0.376. The summed E-state index contributed by atoms with van der Waals surface area (Å²) >= 11 is 3.44. The minimum Gasteiger partial charge on any atom is -0.493 e. The van der Waals surface area contributed by atoms with Gasteiger partial charge in [-0.15, -0.1) is 0 Å². The highest BCUT2D eigenvalue weighted by Gasteiger charge is 2.15. The number of aromatic nitrogens is 1. The predicted molar refractivity (Wildman–Crippen MR) is 91.1 cm³/mol. The summed E-state index contributed by atoms with van der Waals surface area (Å²) in [6, 6.07) is 9.62. The molecule has 0 bridgehead atoms. The SMILES string of the molecule is COc1cc(Nc2nc3cccc(Br)c3o2)cc(OC)c1OC. The van der Waals surface area contributed by atoms with E-state index in [-0.39, 0.29) is 0 Å². The number of anilines is 2. The highest BCUT2D eigenvalue weighted by Crippen LogP contribution is 2.40. The number of ether oxygens (including phenoxy) is 3. The second kappa shape index (κ2) is 6.37. The summed E-state index contributed by atoms with van der Waals surface area (Å²) in [6.45, 7) is 0. The summed E-state index contributed by atoms with van der Waals surface area (Å²) in [5.74, 6) is 1.62. The largest absolute Gasteiger partial charge is 0.493 e. The standard InChI is InChI=1S/C16H15BrN2O4/c1-20-12-7-9(8-13(21-2)15(12)22-3)18-16-19-11-6-4-5-10(17)14(11)23-16/h4-8H,1-3H3,(H,18,19). The Morgan fingerprint density at radius 1 is 1.04 bits per heavy atom. The van der Waals surface area contributed by atoms with E-state index in [1.165, 1.54) is 0 Å². The molecule has 0 unspecified atom stereocenters. The maximum atomic E-state index is 5.72. The molecule has 0 radical (unpaired) electrons. The highest BCUT2D eigenvalue weighted by atomic mass is 79.9. The van der Waals surface area contributed by atoms with Crippen LogP contribution in [0.15, 0.2) is 39.2 Å². The van der Waals surface area contributed by atoms with E-state index < -0.39 is 0 Å². The molecule has 0 fully saturated rings. The van der Waals surface area contributed by atoms with Crippen LogP contribution >= 0.6 is 15.9 Å².